The fraction of sp³-hybridized carbons (Fsp3) is 0.405. The number of Topliss-reactive ketones (excluding diaryl/α,β-unsaturated/α-hetero) is 2. The van der Waals surface area contributed by atoms with Gasteiger partial charge in [0, 0.05) is 53.5 Å². The molecule has 0 amide bonds. The van der Waals surface area contributed by atoms with Gasteiger partial charge in [-0.15, -0.1) is 0 Å². The molecule has 51 heavy (non-hydrogen) atoms. The van der Waals surface area contributed by atoms with Gasteiger partial charge in [0.05, 0.1) is 43.3 Å². The number of phenols is 1. The standard InChI is InChI=1S/C37H38BrN5O8/c1-18-19(2)32(46)37(4)30(22-14-20(38)8-9-27(22)44)21-10-13-42-34(48)41(35(49)43(42)26(21)17-36(37,3)31(18)45)12-11-23-33(47)40(5)25-16-29(51-7)28(50-6)15-24(25)39-23/h8-10,14-16,26,30,44H,11-13,17H2,1-7H3/t26-,30-,36+,37-/m1/s1. The van der Waals surface area contributed by atoms with Gasteiger partial charge in [0.1, 0.15) is 11.4 Å². The predicted molar refractivity (Wildman–Crippen MR) is 192 cm³/mol. The highest BCUT2D eigenvalue weighted by molar-refractivity contribution is 9.10. The van der Waals surface area contributed by atoms with Crippen molar-refractivity contribution < 1.29 is 24.2 Å². The van der Waals surface area contributed by atoms with Gasteiger partial charge in [-0.3, -0.25) is 14.4 Å². The van der Waals surface area contributed by atoms with Crippen LogP contribution in [-0.4, -0.2) is 54.4 Å². The summed E-state index contributed by atoms with van der Waals surface area (Å²) < 4.78 is 16.7. The van der Waals surface area contributed by atoms with Gasteiger partial charge >= 0.3 is 11.4 Å². The summed E-state index contributed by atoms with van der Waals surface area (Å²) in [5.41, 5.74) is -1.15. The van der Waals surface area contributed by atoms with E-state index in [1.807, 2.05) is 6.08 Å². The van der Waals surface area contributed by atoms with E-state index in [4.69, 9.17) is 9.47 Å². The predicted octanol–water partition coefficient (Wildman–Crippen LogP) is 3.96. The largest absolute Gasteiger partial charge is 0.508 e. The number of hydrogen-bond donors (Lipinski definition) is 1. The molecule has 2 aliphatic carbocycles. The van der Waals surface area contributed by atoms with Gasteiger partial charge in [0.25, 0.3) is 5.56 Å². The second kappa shape index (κ2) is 11.8. The molecule has 7 rings (SSSR count). The lowest BCUT2D eigenvalue weighted by molar-refractivity contribution is -0.151. The maximum atomic E-state index is 14.4. The van der Waals surface area contributed by atoms with E-state index >= 15 is 0 Å². The van der Waals surface area contributed by atoms with E-state index in [1.165, 1.54) is 34.2 Å². The minimum Gasteiger partial charge on any atom is -0.508 e. The molecule has 2 aromatic heterocycles. The SMILES string of the molecule is COc1cc2nc(CCn3c(=O)n4n(c3=O)[C@@H]3C[C@@]5(C)C(=O)C(C)=C(C)C(=O)[C@@]5(C)[C@@H](c5cc(Br)ccc5O)C3=CC4)c(=O)n(C)c2cc1OC. The molecular weight excluding hydrogens is 722 g/mol. The van der Waals surface area contributed by atoms with Crippen LogP contribution in [0.4, 0.5) is 0 Å². The van der Waals surface area contributed by atoms with E-state index in [1.54, 1.807) is 59.0 Å². The van der Waals surface area contributed by atoms with Gasteiger partial charge in [-0.25, -0.2) is 28.5 Å². The van der Waals surface area contributed by atoms with Gasteiger partial charge in [-0.2, -0.15) is 0 Å². The zero-order valence-corrected chi connectivity index (χ0v) is 31.0. The summed E-state index contributed by atoms with van der Waals surface area (Å²) >= 11 is 3.51. The van der Waals surface area contributed by atoms with E-state index in [0.717, 1.165) is 4.57 Å². The van der Waals surface area contributed by atoms with Crippen molar-refractivity contribution in [3.8, 4) is 17.2 Å². The van der Waals surface area contributed by atoms with Crippen molar-refractivity contribution >= 4 is 38.5 Å². The van der Waals surface area contributed by atoms with Crippen LogP contribution < -0.4 is 26.4 Å². The van der Waals surface area contributed by atoms with Crippen LogP contribution >= 0.6 is 15.9 Å². The summed E-state index contributed by atoms with van der Waals surface area (Å²) in [6.45, 7) is 6.74. The third-order valence-electron chi connectivity index (χ3n) is 11.7. The molecule has 1 N–H and O–H groups in total. The fourth-order valence-electron chi connectivity index (χ4n) is 8.63. The average molecular weight is 761 g/mol. The van der Waals surface area contributed by atoms with Crippen LogP contribution in [0.15, 0.2) is 72.0 Å². The highest BCUT2D eigenvalue weighted by Crippen LogP contribution is 2.66. The number of carbonyl (C=O) groups is 2. The summed E-state index contributed by atoms with van der Waals surface area (Å²) in [7, 11) is 4.61. The number of rotatable bonds is 6. The van der Waals surface area contributed by atoms with Crippen molar-refractivity contribution in [3.05, 3.63) is 100 Å². The van der Waals surface area contributed by atoms with Crippen LogP contribution in [0.25, 0.3) is 11.0 Å². The zero-order chi connectivity index (χ0) is 36.9. The summed E-state index contributed by atoms with van der Waals surface area (Å²) in [6, 6.07) is 7.51. The van der Waals surface area contributed by atoms with E-state index < -0.39 is 34.2 Å². The van der Waals surface area contributed by atoms with Crippen LogP contribution in [0.2, 0.25) is 0 Å². The summed E-state index contributed by atoms with van der Waals surface area (Å²) in [5.74, 6) is -0.370. The minimum absolute atomic E-state index is 0.0123. The van der Waals surface area contributed by atoms with Crippen LogP contribution in [0.1, 0.15) is 57.3 Å². The van der Waals surface area contributed by atoms with E-state index in [0.29, 0.717) is 49.3 Å². The smallest absolute Gasteiger partial charge is 0.347 e. The third-order valence-corrected chi connectivity index (χ3v) is 12.2. The van der Waals surface area contributed by atoms with E-state index in [2.05, 4.69) is 20.9 Å². The molecule has 1 saturated carbocycles. The summed E-state index contributed by atoms with van der Waals surface area (Å²) in [4.78, 5) is 74.9. The molecule has 0 spiro atoms. The number of halogens is 1. The molecule has 4 aromatic rings. The van der Waals surface area contributed by atoms with Crippen molar-refractivity contribution in [1.82, 2.24) is 23.5 Å². The molecule has 3 heterocycles. The Morgan fingerprint density at radius 3 is 2.31 bits per heavy atom. The number of ketones is 2. The summed E-state index contributed by atoms with van der Waals surface area (Å²) in [6.07, 6.45) is 1.91. The Kier molecular flexibility index (Phi) is 7.97. The lowest BCUT2D eigenvalue weighted by atomic mass is 9.43. The molecule has 0 saturated heterocycles. The lowest BCUT2D eigenvalue weighted by Crippen LogP contribution is -2.61. The topological polar surface area (TPSA) is 157 Å². The van der Waals surface area contributed by atoms with Crippen molar-refractivity contribution in [2.75, 3.05) is 14.2 Å². The highest BCUT2D eigenvalue weighted by atomic mass is 79.9. The van der Waals surface area contributed by atoms with Crippen LogP contribution in [0, 0.1) is 10.8 Å². The monoisotopic (exact) mass is 759 g/mol. The number of aromatic nitrogens is 5. The van der Waals surface area contributed by atoms with Crippen molar-refractivity contribution in [2.45, 2.75) is 65.6 Å². The Bertz CT molecular complexity index is 2470. The molecule has 4 atom stereocenters. The summed E-state index contributed by atoms with van der Waals surface area (Å²) in [5, 5.41) is 11.2. The molecule has 0 bridgehead atoms. The fourth-order valence-corrected chi connectivity index (χ4v) is 9.01. The average Bonchev–Trinajstić information content (AvgIpc) is 3.36. The number of methoxy groups -OCH3 is 2. The Balaban J connectivity index is 1.34. The minimum atomic E-state index is -1.31. The lowest BCUT2D eigenvalue weighted by Gasteiger charge is -2.58. The van der Waals surface area contributed by atoms with Gasteiger partial charge in [0.2, 0.25) is 0 Å². The number of fused-ring (bicyclic) bond motifs is 5. The van der Waals surface area contributed by atoms with E-state index in [-0.39, 0.29) is 54.5 Å². The number of benzene rings is 2. The number of hydrogen-bond acceptors (Lipinski definition) is 9. The van der Waals surface area contributed by atoms with E-state index in [9.17, 15) is 29.1 Å². The van der Waals surface area contributed by atoms with Crippen LogP contribution in [-0.2, 0) is 36.1 Å². The highest BCUT2D eigenvalue weighted by Gasteiger charge is 2.67. The molecule has 2 aromatic carbocycles. The number of nitrogens with zero attached hydrogens (tertiary/aromatic N) is 5. The first kappa shape index (κ1) is 34.5. The number of ether oxygens (including phenoxy) is 2. The molecular formula is C37H38BrN5O8. The number of allylic oxidation sites excluding steroid dienone is 4. The third kappa shape index (κ3) is 4.64. The Morgan fingerprint density at radius 1 is 0.961 bits per heavy atom. The molecule has 3 aliphatic rings. The molecule has 1 fully saturated rings. The van der Waals surface area contributed by atoms with Crippen LogP contribution in [0.5, 0.6) is 17.2 Å². The van der Waals surface area contributed by atoms with Crippen molar-refractivity contribution in [3.63, 3.8) is 0 Å². The second-order valence-corrected chi connectivity index (χ2v) is 14.9. The Morgan fingerprint density at radius 2 is 1.63 bits per heavy atom. The molecule has 13 nitrogen and oxygen atoms in total. The zero-order valence-electron chi connectivity index (χ0n) is 29.4. The van der Waals surface area contributed by atoms with Crippen molar-refractivity contribution in [1.29, 1.82) is 0 Å². The van der Waals surface area contributed by atoms with Gasteiger partial charge in [0.15, 0.2) is 23.1 Å². The maximum Gasteiger partial charge on any atom is 0.347 e. The number of aromatic hydroxyl groups is 1. The second-order valence-electron chi connectivity index (χ2n) is 14.0. The first-order valence-corrected chi connectivity index (χ1v) is 17.4. The van der Waals surface area contributed by atoms with Gasteiger partial charge in [-0.05, 0) is 55.2 Å². The molecule has 14 heteroatoms. The number of phenolic OH excluding ortho intramolecular Hbond substituents is 1. The number of aryl methyl sites for hydroxylation is 2. The Labute approximate surface area is 300 Å². The number of carbonyl (C=O) groups excluding carboxylic acids is 2. The molecule has 0 radical (unpaired) electrons. The van der Waals surface area contributed by atoms with Crippen molar-refractivity contribution in [2.24, 2.45) is 17.9 Å². The first-order valence-electron chi connectivity index (χ1n) is 16.6. The van der Waals surface area contributed by atoms with Crippen LogP contribution in [0.3, 0.4) is 0 Å². The molecule has 266 valence electrons. The first-order chi connectivity index (χ1) is 24.1. The van der Waals surface area contributed by atoms with Gasteiger partial charge in [-0.1, -0.05) is 35.9 Å². The maximum absolute atomic E-state index is 14.4. The van der Waals surface area contributed by atoms with Gasteiger partial charge < -0.3 is 19.1 Å². The molecule has 0 unspecified atom stereocenters. The Hall–Kier alpha value is -4.98. The molecule has 1 aliphatic heterocycles. The normalized spacial score (nSPS) is 24.3. The quantitative estimate of drug-likeness (QED) is 0.288.